The Morgan fingerprint density at radius 3 is 2.00 bits per heavy atom. The molecule has 0 aromatic rings. The molecule has 6 heteroatoms. The van der Waals surface area contributed by atoms with Gasteiger partial charge in [-0.15, -0.1) is 0 Å². The van der Waals surface area contributed by atoms with Crippen molar-refractivity contribution in [3.8, 4) is 0 Å². The first kappa shape index (κ1) is 14.0. The van der Waals surface area contributed by atoms with Crippen molar-refractivity contribution >= 4 is 24.3 Å². The van der Waals surface area contributed by atoms with Crippen molar-refractivity contribution in [2.24, 2.45) is 0 Å². The Kier molecular flexibility index (Phi) is 7.37. The summed E-state index contributed by atoms with van der Waals surface area (Å²) in [6, 6.07) is 0. The fraction of sp³-hybridized carbons (Fsp3) is 0.875. The SMILES string of the molecule is CCOC(=O)CP(=S)(OCC)OCC. The average Bonchev–Trinajstić information content (AvgIpc) is 2.04. The molecule has 0 rings (SSSR count). The van der Waals surface area contributed by atoms with Crippen LogP contribution >= 0.6 is 6.49 Å². The lowest BCUT2D eigenvalue weighted by atomic mass is 10.8. The molecule has 0 saturated carbocycles. The molecule has 0 aliphatic heterocycles. The number of carbonyl (C=O) groups excluding carboxylic acids is 1. The molecule has 0 amide bonds. The summed E-state index contributed by atoms with van der Waals surface area (Å²) in [5, 5.41) is 0. The Labute approximate surface area is 90.1 Å². The standard InChI is InChI=1S/C8H17O4PS/c1-4-10-8(9)7-13(14,11-5-2)12-6-3/h4-7H2,1-3H3. The third kappa shape index (κ3) is 5.70. The molecule has 0 spiro atoms. The van der Waals surface area contributed by atoms with Crippen LogP contribution in [-0.4, -0.2) is 32.0 Å². The summed E-state index contributed by atoms with van der Waals surface area (Å²) in [5.41, 5.74) is 0. The molecule has 0 unspecified atom stereocenters. The van der Waals surface area contributed by atoms with Crippen LogP contribution in [0.1, 0.15) is 20.8 Å². The highest BCUT2D eigenvalue weighted by molar-refractivity contribution is 8.10. The van der Waals surface area contributed by atoms with E-state index in [-0.39, 0.29) is 12.1 Å². The Balaban J connectivity index is 4.21. The van der Waals surface area contributed by atoms with E-state index >= 15 is 0 Å². The molecule has 0 radical (unpaired) electrons. The molecule has 0 atom stereocenters. The van der Waals surface area contributed by atoms with Gasteiger partial charge in [-0.3, -0.25) is 4.79 Å². The maximum Gasteiger partial charge on any atom is 0.315 e. The van der Waals surface area contributed by atoms with E-state index in [1.807, 2.05) is 13.8 Å². The molecular formula is C8H17O4PS. The van der Waals surface area contributed by atoms with Crippen LogP contribution in [0.5, 0.6) is 0 Å². The van der Waals surface area contributed by atoms with Gasteiger partial charge in [0.25, 0.3) is 0 Å². The molecule has 0 aromatic heterocycles. The summed E-state index contributed by atoms with van der Waals surface area (Å²) in [5.74, 6) is -0.349. The summed E-state index contributed by atoms with van der Waals surface area (Å²) in [7, 11) is 0. The minimum absolute atomic E-state index is 0.0534. The molecule has 14 heavy (non-hydrogen) atoms. The smallest absolute Gasteiger partial charge is 0.315 e. The molecule has 0 aliphatic rings. The average molecular weight is 240 g/mol. The van der Waals surface area contributed by atoms with E-state index < -0.39 is 6.49 Å². The minimum Gasteiger partial charge on any atom is -0.466 e. The topological polar surface area (TPSA) is 44.8 Å². The largest absolute Gasteiger partial charge is 0.466 e. The highest BCUT2D eigenvalue weighted by atomic mass is 32.5. The van der Waals surface area contributed by atoms with Crippen molar-refractivity contribution in [1.29, 1.82) is 0 Å². The Morgan fingerprint density at radius 2 is 1.64 bits per heavy atom. The molecule has 84 valence electrons. The second-order valence-electron chi connectivity index (χ2n) is 2.41. The van der Waals surface area contributed by atoms with Gasteiger partial charge >= 0.3 is 5.97 Å². The summed E-state index contributed by atoms with van der Waals surface area (Å²) >= 11 is 5.16. The third-order valence-electron chi connectivity index (χ3n) is 1.28. The van der Waals surface area contributed by atoms with Crippen LogP contribution in [0.2, 0.25) is 0 Å². The van der Waals surface area contributed by atoms with E-state index in [1.54, 1.807) is 6.92 Å². The number of carbonyl (C=O) groups is 1. The fourth-order valence-electron chi connectivity index (χ4n) is 0.887. The first-order valence-electron chi connectivity index (χ1n) is 4.61. The van der Waals surface area contributed by atoms with Crippen LogP contribution < -0.4 is 0 Å². The molecule has 0 bridgehead atoms. The van der Waals surface area contributed by atoms with Crippen molar-refractivity contribution in [3.05, 3.63) is 0 Å². The quantitative estimate of drug-likeness (QED) is 0.502. The van der Waals surface area contributed by atoms with E-state index in [0.29, 0.717) is 19.8 Å². The van der Waals surface area contributed by atoms with Gasteiger partial charge in [0.1, 0.15) is 6.16 Å². The van der Waals surface area contributed by atoms with Crippen LogP contribution in [0.15, 0.2) is 0 Å². The lowest BCUT2D eigenvalue weighted by molar-refractivity contribution is -0.140. The number of ether oxygens (including phenoxy) is 1. The Morgan fingerprint density at radius 1 is 1.14 bits per heavy atom. The molecule has 0 saturated heterocycles. The van der Waals surface area contributed by atoms with Gasteiger partial charge < -0.3 is 13.8 Å². The van der Waals surface area contributed by atoms with Gasteiger partial charge in [0.05, 0.1) is 19.8 Å². The molecule has 0 N–H and O–H groups in total. The molecule has 0 aliphatic carbocycles. The number of esters is 1. The Bertz CT molecular complexity index is 209. The summed E-state index contributed by atoms with van der Waals surface area (Å²) in [4.78, 5) is 11.2. The van der Waals surface area contributed by atoms with Gasteiger partial charge in [-0.2, -0.15) is 0 Å². The summed E-state index contributed by atoms with van der Waals surface area (Å²) in [6.07, 6.45) is 0.0534. The van der Waals surface area contributed by atoms with Gasteiger partial charge in [0, 0.05) is 0 Å². The zero-order valence-corrected chi connectivity index (χ0v) is 10.5. The van der Waals surface area contributed by atoms with Crippen molar-refractivity contribution < 1.29 is 18.6 Å². The number of rotatable bonds is 7. The molecule has 0 heterocycles. The fourth-order valence-corrected chi connectivity index (χ4v) is 3.29. The van der Waals surface area contributed by atoms with Crippen LogP contribution in [0, 0.1) is 0 Å². The monoisotopic (exact) mass is 240 g/mol. The summed E-state index contributed by atoms with van der Waals surface area (Å²) in [6.45, 7) is 4.22. The lowest BCUT2D eigenvalue weighted by Crippen LogP contribution is -2.12. The van der Waals surface area contributed by atoms with Gasteiger partial charge in [-0.1, -0.05) is 0 Å². The van der Waals surface area contributed by atoms with E-state index in [1.165, 1.54) is 0 Å². The van der Waals surface area contributed by atoms with Crippen molar-refractivity contribution in [2.75, 3.05) is 26.0 Å². The van der Waals surface area contributed by atoms with Crippen LogP contribution in [0.25, 0.3) is 0 Å². The molecular weight excluding hydrogens is 223 g/mol. The normalized spacial score (nSPS) is 11.4. The second-order valence-corrected chi connectivity index (χ2v) is 6.13. The van der Waals surface area contributed by atoms with Gasteiger partial charge in [-0.25, -0.2) is 0 Å². The maximum atomic E-state index is 11.2. The van der Waals surface area contributed by atoms with Crippen LogP contribution in [0.3, 0.4) is 0 Å². The van der Waals surface area contributed by atoms with Gasteiger partial charge in [-0.05, 0) is 32.6 Å². The lowest BCUT2D eigenvalue weighted by Gasteiger charge is -2.19. The second kappa shape index (κ2) is 7.35. The Hall–Kier alpha value is 0.0400. The van der Waals surface area contributed by atoms with E-state index in [2.05, 4.69) is 0 Å². The van der Waals surface area contributed by atoms with E-state index in [0.717, 1.165) is 0 Å². The van der Waals surface area contributed by atoms with Crippen LogP contribution in [-0.2, 0) is 30.4 Å². The zero-order valence-electron chi connectivity index (χ0n) is 8.82. The highest BCUT2D eigenvalue weighted by Crippen LogP contribution is 2.48. The van der Waals surface area contributed by atoms with Crippen molar-refractivity contribution in [1.82, 2.24) is 0 Å². The molecule has 4 nitrogen and oxygen atoms in total. The van der Waals surface area contributed by atoms with Gasteiger partial charge in [0.2, 0.25) is 0 Å². The number of hydrogen-bond donors (Lipinski definition) is 0. The maximum absolute atomic E-state index is 11.2. The van der Waals surface area contributed by atoms with E-state index in [9.17, 15) is 4.79 Å². The van der Waals surface area contributed by atoms with Crippen molar-refractivity contribution in [2.45, 2.75) is 20.8 Å². The third-order valence-corrected chi connectivity index (χ3v) is 4.25. The molecule has 0 fully saturated rings. The first-order valence-corrected chi connectivity index (χ1v) is 7.44. The predicted molar refractivity (Wildman–Crippen MR) is 59.0 cm³/mol. The first-order chi connectivity index (χ1) is 6.58. The number of hydrogen-bond acceptors (Lipinski definition) is 5. The van der Waals surface area contributed by atoms with E-state index in [4.69, 9.17) is 25.6 Å². The van der Waals surface area contributed by atoms with Crippen LogP contribution in [0.4, 0.5) is 0 Å². The highest BCUT2D eigenvalue weighted by Gasteiger charge is 2.23. The molecule has 0 aromatic carbocycles. The zero-order chi connectivity index (χ0) is 11.0. The van der Waals surface area contributed by atoms with Crippen molar-refractivity contribution in [3.63, 3.8) is 0 Å². The van der Waals surface area contributed by atoms with Gasteiger partial charge in [0.15, 0.2) is 6.49 Å². The summed E-state index contributed by atoms with van der Waals surface area (Å²) < 4.78 is 15.4. The predicted octanol–water partition coefficient (Wildman–Crippen LogP) is 1.93. The minimum atomic E-state index is -2.45.